The number of nitrogens with one attached hydrogen (secondary N) is 1. The largest absolute Gasteiger partial charge is 0.329 e. The van der Waals surface area contributed by atoms with Gasteiger partial charge in [-0.3, -0.25) is 4.79 Å². The standard InChI is InChI=1S/C16H17BrN2O/c1-11-9-13(7-8-15(11)17)19-16(20)14(10-18)12-5-3-2-4-6-12/h2-9,14H,10,18H2,1H3,(H,19,20). The number of carbonyl (C=O) groups is 1. The molecule has 3 N–H and O–H groups in total. The Kier molecular flexibility index (Phi) is 4.93. The van der Waals surface area contributed by atoms with E-state index in [1.807, 2.05) is 55.5 Å². The molecule has 0 fully saturated rings. The summed E-state index contributed by atoms with van der Waals surface area (Å²) in [6.07, 6.45) is 0. The minimum absolute atomic E-state index is 0.0829. The van der Waals surface area contributed by atoms with Crippen molar-refractivity contribution in [1.29, 1.82) is 0 Å². The van der Waals surface area contributed by atoms with Gasteiger partial charge in [-0.05, 0) is 36.2 Å². The molecular weight excluding hydrogens is 316 g/mol. The number of nitrogens with two attached hydrogens (primary N) is 1. The number of amides is 1. The molecule has 20 heavy (non-hydrogen) atoms. The van der Waals surface area contributed by atoms with Gasteiger partial charge < -0.3 is 11.1 Å². The highest BCUT2D eigenvalue weighted by Crippen LogP contribution is 2.22. The maximum atomic E-state index is 12.3. The summed E-state index contributed by atoms with van der Waals surface area (Å²) < 4.78 is 1.02. The summed E-state index contributed by atoms with van der Waals surface area (Å²) in [4.78, 5) is 12.3. The lowest BCUT2D eigenvalue weighted by atomic mass is 9.98. The first kappa shape index (κ1) is 14.8. The van der Waals surface area contributed by atoms with Crippen LogP contribution in [0.2, 0.25) is 0 Å². The second-order valence-corrected chi connectivity index (χ2v) is 5.51. The molecule has 2 aromatic rings. The molecule has 0 heterocycles. The highest BCUT2D eigenvalue weighted by atomic mass is 79.9. The zero-order chi connectivity index (χ0) is 14.5. The second kappa shape index (κ2) is 6.68. The Hall–Kier alpha value is -1.65. The van der Waals surface area contributed by atoms with Gasteiger partial charge in [0.25, 0.3) is 0 Å². The molecule has 2 rings (SSSR count). The van der Waals surface area contributed by atoms with Gasteiger partial charge in [0, 0.05) is 16.7 Å². The SMILES string of the molecule is Cc1cc(NC(=O)C(CN)c2ccccc2)ccc1Br. The molecule has 104 valence electrons. The van der Waals surface area contributed by atoms with Gasteiger partial charge in [0.1, 0.15) is 0 Å². The zero-order valence-electron chi connectivity index (χ0n) is 11.3. The van der Waals surface area contributed by atoms with Crippen LogP contribution in [0.15, 0.2) is 53.0 Å². The lowest BCUT2D eigenvalue weighted by Gasteiger charge is -2.15. The lowest BCUT2D eigenvalue weighted by molar-refractivity contribution is -0.117. The van der Waals surface area contributed by atoms with Crippen LogP contribution >= 0.6 is 15.9 Å². The van der Waals surface area contributed by atoms with Gasteiger partial charge in [-0.15, -0.1) is 0 Å². The van der Waals surface area contributed by atoms with Crippen molar-refractivity contribution in [3.05, 3.63) is 64.1 Å². The van der Waals surface area contributed by atoms with E-state index in [1.165, 1.54) is 0 Å². The first-order chi connectivity index (χ1) is 9.61. The van der Waals surface area contributed by atoms with Gasteiger partial charge >= 0.3 is 0 Å². The Morgan fingerprint density at radius 1 is 1.25 bits per heavy atom. The number of halogens is 1. The van der Waals surface area contributed by atoms with Gasteiger partial charge in [-0.2, -0.15) is 0 Å². The van der Waals surface area contributed by atoms with Crippen molar-refractivity contribution >= 4 is 27.5 Å². The molecule has 0 radical (unpaired) electrons. The van der Waals surface area contributed by atoms with E-state index in [1.54, 1.807) is 0 Å². The molecule has 0 aliphatic rings. The van der Waals surface area contributed by atoms with Gasteiger partial charge in [0.2, 0.25) is 5.91 Å². The molecule has 0 aliphatic heterocycles. The van der Waals surface area contributed by atoms with Crippen molar-refractivity contribution in [1.82, 2.24) is 0 Å². The molecule has 1 atom stereocenters. The summed E-state index contributed by atoms with van der Waals surface area (Å²) in [7, 11) is 0. The van der Waals surface area contributed by atoms with Crippen LogP contribution in [0.4, 0.5) is 5.69 Å². The van der Waals surface area contributed by atoms with Crippen LogP contribution in [-0.2, 0) is 4.79 Å². The third-order valence-corrected chi connectivity index (χ3v) is 4.07. The van der Waals surface area contributed by atoms with E-state index < -0.39 is 0 Å². The number of hydrogen-bond acceptors (Lipinski definition) is 2. The third-order valence-electron chi connectivity index (χ3n) is 3.18. The number of anilines is 1. The monoisotopic (exact) mass is 332 g/mol. The predicted molar refractivity (Wildman–Crippen MR) is 85.7 cm³/mol. The van der Waals surface area contributed by atoms with E-state index in [0.29, 0.717) is 0 Å². The van der Waals surface area contributed by atoms with E-state index in [9.17, 15) is 4.79 Å². The summed E-state index contributed by atoms with van der Waals surface area (Å²) in [5.41, 5.74) is 8.54. The summed E-state index contributed by atoms with van der Waals surface area (Å²) in [6, 6.07) is 15.3. The summed E-state index contributed by atoms with van der Waals surface area (Å²) >= 11 is 3.44. The lowest BCUT2D eigenvalue weighted by Crippen LogP contribution is -2.27. The predicted octanol–water partition coefficient (Wildman–Crippen LogP) is 3.44. The van der Waals surface area contributed by atoms with E-state index in [4.69, 9.17) is 5.73 Å². The van der Waals surface area contributed by atoms with Gasteiger partial charge in [-0.25, -0.2) is 0 Å². The molecule has 0 aliphatic carbocycles. The van der Waals surface area contributed by atoms with Crippen LogP contribution in [0.3, 0.4) is 0 Å². The molecule has 2 aromatic carbocycles. The highest BCUT2D eigenvalue weighted by Gasteiger charge is 2.18. The molecule has 0 bridgehead atoms. The molecule has 3 nitrogen and oxygen atoms in total. The van der Waals surface area contributed by atoms with Crippen LogP contribution in [0, 0.1) is 6.92 Å². The minimum atomic E-state index is -0.333. The number of rotatable bonds is 4. The van der Waals surface area contributed by atoms with Crippen LogP contribution < -0.4 is 11.1 Å². The molecule has 0 saturated carbocycles. The molecule has 1 unspecified atom stereocenters. The maximum absolute atomic E-state index is 12.3. The fourth-order valence-corrected chi connectivity index (χ4v) is 2.28. The zero-order valence-corrected chi connectivity index (χ0v) is 12.9. The van der Waals surface area contributed by atoms with Gasteiger partial charge in [-0.1, -0.05) is 46.3 Å². The Balaban J connectivity index is 2.15. The van der Waals surface area contributed by atoms with Gasteiger partial charge in [0.15, 0.2) is 0 Å². The molecule has 0 aromatic heterocycles. The number of aryl methyl sites for hydroxylation is 1. The van der Waals surface area contributed by atoms with Crippen LogP contribution in [-0.4, -0.2) is 12.5 Å². The minimum Gasteiger partial charge on any atom is -0.329 e. The Morgan fingerprint density at radius 2 is 1.95 bits per heavy atom. The fourth-order valence-electron chi connectivity index (χ4n) is 2.03. The summed E-state index contributed by atoms with van der Waals surface area (Å²) in [5, 5.41) is 2.92. The normalized spacial score (nSPS) is 11.9. The Morgan fingerprint density at radius 3 is 2.55 bits per heavy atom. The van der Waals surface area contributed by atoms with E-state index in [2.05, 4.69) is 21.2 Å². The van der Waals surface area contributed by atoms with E-state index in [-0.39, 0.29) is 18.4 Å². The first-order valence-corrected chi connectivity index (χ1v) is 7.23. The highest BCUT2D eigenvalue weighted by molar-refractivity contribution is 9.10. The molecule has 0 saturated heterocycles. The van der Waals surface area contributed by atoms with Crippen molar-refractivity contribution < 1.29 is 4.79 Å². The number of carbonyl (C=O) groups excluding carboxylic acids is 1. The quantitative estimate of drug-likeness (QED) is 0.901. The van der Waals surface area contributed by atoms with E-state index >= 15 is 0 Å². The topological polar surface area (TPSA) is 55.1 Å². The van der Waals surface area contributed by atoms with Crippen molar-refractivity contribution in [2.45, 2.75) is 12.8 Å². The average Bonchev–Trinajstić information content (AvgIpc) is 2.45. The third kappa shape index (κ3) is 3.46. The van der Waals surface area contributed by atoms with Crippen molar-refractivity contribution in [2.24, 2.45) is 5.73 Å². The molecule has 0 spiro atoms. The first-order valence-electron chi connectivity index (χ1n) is 6.44. The van der Waals surface area contributed by atoms with Crippen LogP contribution in [0.1, 0.15) is 17.0 Å². The second-order valence-electron chi connectivity index (χ2n) is 4.65. The number of hydrogen-bond donors (Lipinski definition) is 2. The van der Waals surface area contributed by atoms with Gasteiger partial charge in [0.05, 0.1) is 5.92 Å². The Labute approximate surface area is 127 Å². The van der Waals surface area contributed by atoms with Crippen molar-refractivity contribution in [3.63, 3.8) is 0 Å². The van der Waals surface area contributed by atoms with Crippen LogP contribution in [0.5, 0.6) is 0 Å². The van der Waals surface area contributed by atoms with E-state index in [0.717, 1.165) is 21.3 Å². The van der Waals surface area contributed by atoms with Crippen molar-refractivity contribution in [3.8, 4) is 0 Å². The number of benzene rings is 2. The maximum Gasteiger partial charge on any atom is 0.233 e. The fraction of sp³-hybridized carbons (Fsp3) is 0.188. The average molecular weight is 333 g/mol. The summed E-state index contributed by atoms with van der Waals surface area (Å²) in [6.45, 7) is 2.27. The summed E-state index contributed by atoms with van der Waals surface area (Å²) in [5.74, 6) is -0.416. The molecule has 1 amide bonds. The molecule has 4 heteroatoms. The molecular formula is C16H17BrN2O. The van der Waals surface area contributed by atoms with Crippen molar-refractivity contribution in [2.75, 3.05) is 11.9 Å². The van der Waals surface area contributed by atoms with Crippen LogP contribution in [0.25, 0.3) is 0 Å². The Bertz CT molecular complexity index is 599. The smallest absolute Gasteiger partial charge is 0.233 e.